The first-order valence-electron chi connectivity index (χ1n) is 7.51. The van der Waals surface area contributed by atoms with E-state index in [4.69, 9.17) is 11.2 Å². The second kappa shape index (κ2) is 6.92. The van der Waals surface area contributed by atoms with E-state index in [1.165, 1.54) is 12.1 Å². The summed E-state index contributed by atoms with van der Waals surface area (Å²) in [5, 5.41) is 2.14. The molecule has 1 aliphatic heterocycles. The quantitative estimate of drug-likeness (QED) is 0.834. The second-order valence-electron chi connectivity index (χ2n) is 5.34. The van der Waals surface area contributed by atoms with Crippen molar-refractivity contribution >= 4 is 23.4 Å². The lowest BCUT2D eigenvalue weighted by atomic mass is 10.2. The van der Waals surface area contributed by atoms with Gasteiger partial charge in [0.05, 0.1) is 17.9 Å². The predicted molar refractivity (Wildman–Crippen MR) is 89.2 cm³/mol. The molecule has 0 saturated carbocycles. The van der Waals surface area contributed by atoms with E-state index in [9.17, 15) is 22.8 Å². The van der Waals surface area contributed by atoms with E-state index in [0.29, 0.717) is 11.0 Å². The summed E-state index contributed by atoms with van der Waals surface area (Å²) in [5.74, 6) is -1.08. The molecule has 138 valence electrons. The summed E-state index contributed by atoms with van der Waals surface area (Å²) >= 11 is 0. The van der Waals surface area contributed by atoms with Gasteiger partial charge in [-0.15, -0.1) is 6.42 Å². The van der Waals surface area contributed by atoms with E-state index in [1.54, 1.807) is 18.2 Å². The van der Waals surface area contributed by atoms with Crippen LogP contribution in [0.25, 0.3) is 0 Å². The van der Waals surface area contributed by atoms with Crippen LogP contribution in [-0.4, -0.2) is 24.7 Å². The van der Waals surface area contributed by atoms with Gasteiger partial charge in [0, 0.05) is 6.07 Å². The predicted octanol–water partition coefficient (Wildman–Crippen LogP) is 3.39. The molecule has 1 aliphatic rings. The number of hydrogen-bond donors (Lipinski definition) is 1. The molecule has 0 spiro atoms. The number of halogens is 3. The minimum absolute atomic E-state index is 0.208. The van der Waals surface area contributed by atoms with Gasteiger partial charge < -0.3 is 9.47 Å². The third kappa shape index (κ3) is 3.64. The van der Waals surface area contributed by atoms with Crippen molar-refractivity contribution in [3.05, 3.63) is 48.3 Å². The number of carbonyl (C=O) groups is 2. The zero-order valence-corrected chi connectivity index (χ0v) is 13.5. The Morgan fingerprint density at radius 2 is 2.00 bits per heavy atom. The SMILES string of the molecule is C#CCN1C(=O)C(F)(F)Oc2cc(F)c(NC(=O)Oc3ccccc3)cc21. The van der Waals surface area contributed by atoms with Crippen LogP contribution in [-0.2, 0) is 4.79 Å². The van der Waals surface area contributed by atoms with Crippen molar-refractivity contribution in [2.24, 2.45) is 0 Å². The lowest BCUT2D eigenvalue weighted by Gasteiger charge is -2.32. The molecule has 0 radical (unpaired) electrons. The number of ether oxygens (including phenoxy) is 2. The highest BCUT2D eigenvalue weighted by Crippen LogP contribution is 2.41. The highest BCUT2D eigenvalue weighted by Gasteiger charge is 2.50. The molecule has 6 nitrogen and oxygen atoms in total. The normalized spacial score (nSPS) is 14.6. The zero-order valence-electron chi connectivity index (χ0n) is 13.5. The number of para-hydroxylation sites is 1. The molecule has 0 atom stereocenters. The van der Waals surface area contributed by atoms with Crippen molar-refractivity contribution in [1.82, 2.24) is 0 Å². The third-order valence-electron chi connectivity index (χ3n) is 3.51. The highest BCUT2D eigenvalue weighted by molar-refractivity contribution is 6.02. The number of benzene rings is 2. The van der Waals surface area contributed by atoms with Gasteiger partial charge in [-0.2, -0.15) is 8.78 Å². The molecule has 2 aromatic rings. The van der Waals surface area contributed by atoms with Crippen molar-refractivity contribution in [2.45, 2.75) is 6.11 Å². The first kappa shape index (κ1) is 18.1. The van der Waals surface area contributed by atoms with Crippen LogP contribution in [0.5, 0.6) is 11.5 Å². The van der Waals surface area contributed by atoms with Crippen LogP contribution in [0.3, 0.4) is 0 Å². The highest BCUT2D eigenvalue weighted by atomic mass is 19.3. The molecule has 0 bridgehead atoms. The smallest absolute Gasteiger partial charge is 0.423 e. The van der Waals surface area contributed by atoms with Crippen LogP contribution in [0.1, 0.15) is 0 Å². The molecule has 1 N–H and O–H groups in total. The van der Waals surface area contributed by atoms with Crippen LogP contribution in [0, 0.1) is 18.2 Å². The molecule has 0 unspecified atom stereocenters. The summed E-state index contributed by atoms with van der Waals surface area (Å²) in [7, 11) is 0. The summed E-state index contributed by atoms with van der Waals surface area (Å²) in [6, 6.07) is 9.56. The number of amides is 2. The van der Waals surface area contributed by atoms with Gasteiger partial charge in [-0.05, 0) is 18.2 Å². The maximum atomic E-state index is 14.2. The van der Waals surface area contributed by atoms with E-state index < -0.39 is 41.9 Å². The largest absolute Gasteiger partial charge is 0.483 e. The maximum absolute atomic E-state index is 14.2. The van der Waals surface area contributed by atoms with Gasteiger partial charge in [-0.25, -0.2) is 9.18 Å². The molecule has 0 aromatic heterocycles. The number of carbonyl (C=O) groups excluding carboxylic acids is 2. The Morgan fingerprint density at radius 1 is 1.30 bits per heavy atom. The number of nitrogens with zero attached hydrogens (tertiary/aromatic N) is 1. The van der Waals surface area contributed by atoms with Crippen molar-refractivity contribution in [2.75, 3.05) is 16.8 Å². The number of hydrogen-bond acceptors (Lipinski definition) is 4. The topological polar surface area (TPSA) is 67.9 Å². The fourth-order valence-electron chi connectivity index (χ4n) is 2.36. The number of terminal acetylenes is 1. The first-order chi connectivity index (χ1) is 12.8. The van der Waals surface area contributed by atoms with Crippen LogP contribution < -0.4 is 19.7 Å². The molecule has 0 fully saturated rings. The number of rotatable bonds is 3. The van der Waals surface area contributed by atoms with Gasteiger partial charge >= 0.3 is 18.1 Å². The average molecular weight is 376 g/mol. The van der Waals surface area contributed by atoms with Crippen molar-refractivity contribution in [3.8, 4) is 23.8 Å². The molecule has 0 saturated heterocycles. The Kier molecular flexibility index (Phi) is 4.64. The molecule has 2 amide bonds. The standard InChI is InChI=1S/C18H11F3N2O4/c1-2-8-23-14-10-13(22-17(25)26-11-6-4-3-5-7-11)12(19)9-15(14)27-18(20,21)16(23)24/h1,3-7,9-10H,8H2,(H,22,25). The molecule has 3 rings (SSSR count). The Hall–Kier alpha value is -3.67. The third-order valence-corrected chi connectivity index (χ3v) is 3.51. The van der Waals surface area contributed by atoms with Crippen LogP contribution in [0.15, 0.2) is 42.5 Å². The Morgan fingerprint density at radius 3 is 2.67 bits per heavy atom. The van der Waals surface area contributed by atoms with Gasteiger partial charge in [0.15, 0.2) is 11.6 Å². The molecular formula is C18H11F3N2O4. The summed E-state index contributed by atoms with van der Waals surface area (Å²) in [6.45, 7) is -0.496. The molecule has 27 heavy (non-hydrogen) atoms. The fourth-order valence-corrected chi connectivity index (χ4v) is 2.36. The minimum Gasteiger partial charge on any atom is -0.423 e. The van der Waals surface area contributed by atoms with Crippen molar-refractivity contribution < 1.29 is 32.2 Å². The van der Waals surface area contributed by atoms with Crippen LogP contribution >= 0.6 is 0 Å². The van der Waals surface area contributed by atoms with E-state index in [1.807, 2.05) is 0 Å². The van der Waals surface area contributed by atoms with Crippen molar-refractivity contribution in [3.63, 3.8) is 0 Å². The van der Waals surface area contributed by atoms with Crippen molar-refractivity contribution in [1.29, 1.82) is 0 Å². The maximum Gasteiger partial charge on any atom is 0.483 e. The summed E-state index contributed by atoms with van der Waals surface area (Å²) in [5.41, 5.74) is -0.612. The molecule has 0 aliphatic carbocycles. The van der Waals surface area contributed by atoms with Gasteiger partial charge in [-0.3, -0.25) is 15.0 Å². The average Bonchev–Trinajstić information content (AvgIpc) is 2.61. The second-order valence-corrected chi connectivity index (χ2v) is 5.34. The Balaban J connectivity index is 1.90. The number of alkyl halides is 2. The monoisotopic (exact) mass is 376 g/mol. The number of fused-ring (bicyclic) bond motifs is 1. The van der Waals surface area contributed by atoms with Gasteiger partial charge in [0.1, 0.15) is 5.75 Å². The molecule has 1 heterocycles. The van der Waals surface area contributed by atoms with Crippen LogP contribution in [0.2, 0.25) is 0 Å². The molecule has 9 heteroatoms. The zero-order chi connectivity index (χ0) is 19.6. The lowest BCUT2D eigenvalue weighted by Crippen LogP contribution is -2.51. The first-order valence-corrected chi connectivity index (χ1v) is 7.51. The van der Waals surface area contributed by atoms with Crippen LogP contribution in [0.4, 0.5) is 29.3 Å². The summed E-state index contributed by atoms with van der Waals surface area (Å²) < 4.78 is 50.7. The van der Waals surface area contributed by atoms with E-state index in [-0.39, 0.29) is 11.4 Å². The number of anilines is 2. The minimum atomic E-state index is -4.18. The summed E-state index contributed by atoms with van der Waals surface area (Å²) in [4.78, 5) is 24.3. The van der Waals surface area contributed by atoms with Gasteiger partial charge in [-0.1, -0.05) is 24.1 Å². The van der Waals surface area contributed by atoms with Gasteiger partial charge in [0.25, 0.3) is 0 Å². The fraction of sp³-hybridized carbons (Fsp3) is 0.111. The Labute approximate surface area is 151 Å². The molecular weight excluding hydrogens is 365 g/mol. The number of nitrogens with one attached hydrogen (secondary N) is 1. The molecule has 2 aromatic carbocycles. The van der Waals surface area contributed by atoms with E-state index in [0.717, 1.165) is 6.07 Å². The lowest BCUT2D eigenvalue weighted by molar-refractivity contribution is -0.192. The van der Waals surface area contributed by atoms with Gasteiger partial charge in [0.2, 0.25) is 0 Å². The Bertz CT molecular complexity index is 942. The summed E-state index contributed by atoms with van der Waals surface area (Å²) in [6.07, 6.45) is -0.0913. The van der Waals surface area contributed by atoms with E-state index in [2.05, 4.69) is 16.0 Å². The van der Waals surface area contributed by atoms with E-state index >= 15 is 0 Å².